The molecule has 1 aromatic rings. The van der Waals surface area contributed by atoms with E-state index in [2.05, 4.69) is 20.9 Å². The molecule has 0 bridgehead atoms. The van der Waals surface area contributed by atoms with Crippen molar-refractivity contribution in [1.82, 2.24) is 9.29 Å². The number of carbonyl (C=O) groups excluding carboxylic acids is 1. The third-order valence-corrected chi connectivity index (χ3v) is 4.08. The molecule has 6 nitrogen and oxygen atoms in total. The third-order valence-electron chi connectivity index (χ3n) is 1.98. The molecule has 1 rings (SSSR count). The van der Waals surface area contributed by atoms with Gasteiger partial charge in [0, 0.05) is 17.7 Å². The molecule has 0 aliphatic heterocycles. The maximum Gasteiger partial charge on any atom is 0.424 e. The zero-order valence-corrected chi connectivity index (χ0v) is 13.4. The number of carbonyl (C=O) groups is 1. The molecule has 0 unspecified atom stereocenters. The standard InChI is InChI=1S/C11H15BrN2O4S/c1-11(2,3)18-10(15)14(4)19(16,17)9-6-5-8(12)7-13-9/h5-7H,1-4H3. The highest BCUT2D eigenvalue weighted by molar-refractivity contribution is 9.10. The minimum atomic E-state index is -4.00. The number of rotatable bonds is 2. The summed E-state index contributed by atoms with van der Waals surface area (Å²) in [5.41, 5.74) is -0.770. The van der Waals surface area contributed by atoms with Gasteiger partial charge in [-0.05, 0) is 48.8 Å². The fraction of sp³-hybridized carbons (Fsp3) is 0.455. The lowest BCUT2D eigenvalue weighted by atomic mass is 10.2. The quantitative estimate of drug-likeness (QED) is 0.818. The number of amides is 1. The Morgan fingerprint density at radius 3 is 2.37 bits per heavy atom. The fourth-order valence-electron chi connectivity index (χ4n) is 1.08. The van der Waals surface area contributed by atoms with Crippen LogP contribution in [0.3, 0.4) is 0 Å². The zero-order valence-electron chi connectivity index (χ0n) is 11.0. The number of hydrogen-bond donors (Lipinski definition) is 0. The molecule has 0 radical (unpaired) electrons. The van der Waals surface area contributed by atoms with Gasteiger partial charge in [-0.25, -0.2) is 14.1 Å². The topological polar surface area (TPSA) is 76.6 Å². The number of halogens is 1. The molecule has 0 saturated carbocycles. The third kappa shape index (κ3) is 4.17. The van der Waals surface area contributed by atoms with Gasteiger partial charge in [0.05, 0.1) is 0 Å². The van der Waals surface area contributed by atoms with E-state index in [1.54, 1.807) is 20.8 Å². The molecular formula is C11H15BrN2O4S. The molecule has 0 aliphatic carbocycles. The van der Waals surface area contributed by atoms with Crippen LogP contribution in [0.15, 0.2) is 27.8 Å². The van der Waals surface area contributed by atoms with Crippen LogP contribution in [0.1, 0.15) is 20.8 Å². The average Bonchev–Trinajstić information content (AvgIpc) is 2.26. The molecule has 0 saturated heterocycles. The largest absolute Gasteiger partial charge is 0.443 e. The van der Waals surface area contributed by atoms with Crippen molar-refractivity contribution >= 4 is 32.0 Å². The maximum atomic E-state index is 12.1. The van der Waals surface area contributed by atoms with E-state index >= 15 is 0 Å². The molecule has 106 valence electrons. The molecule has 8 heteroatoms. The smallest absolute Gasteiger partial charge is 0.424 e. The summed E-state index contributed by atoms with van der Waals surface area (Å²) in [5, 5.41) is -0.218. The molecule has 0 aromatic carbocycles. The van der Waals surface area contributed by atoms with Crippen molar-refractivity contribution in [2.45, 2.75) is 31.4 Å². The lowest BCUT2D eigenvalue weighted by Gasteiger charge is -2.24. The van der Waals surface area contributed by atoms with Crippen LogP contribution in [0.4, 0.5) is 4.79 Å². The Bertz CT molecular complexity index is 563. The zero-order chi connectivity index (χ0) is 14.8. The summed E-state index contributed by atoms with van der Waals surface area (Å²) in [6, 6.07) is 2.84. The first-order valence-corrected chi connectivity index (χ1v) is 7.61. The van der Waals surface area contributed by atoms with Gasteiger partial charge in [-0.2, -0.15) is 8.42 Å². The molecule has 0 fully saturated rings. The second-order valence-corrected chi connectivity index (χ2v) is 7.60. The number of nitrogens with zero attached hydrogens (tertiary/aromatic N) is 2. The first kappa shape index (κ1) is 15.9. The van der Waals surface area contributed by atoms with Gasteiger partial charge in [0.15, 0.2) is 5.03 Å². The van der Waals surface area contributed by atoms with Crippen molar-refractivity contribution in [2.24, 2.45) is 0 Å². The van der Waals surface area contributed by atoms with E-state index < -0.39 is 21.7 Å². The maximum absolute atomic E-state index is 12.1. The van der Waals surface area contributed by atoms with Gasteiger partial charge < -0.3 is 4.74 Å². The molecule has 0 atom stereocenters. The first-order valence-electron chi connectivity index (χ1n) is 5.37. The van der Waals surface area contributed by atoms with E-state index in [1.165, 1.54) is 18.3 Å². The van der Waals surface area contributed by atoms with Crippen molar-refractivity contribution in [3.05, 3.63) is 22.8 Å². The average molecular weight is 351 g/mol. The number of pyridine rings is 1. The summed E-state index contributed by atoms with van der Waals surface area (Å²) >= 11 is 3.16. The molecule has 1 aromatic heterocycles. The van der Waals surface area contributed by atoms with Gasteiger partial charge in [-0.3, -0.25) is 0 Å². The highest BCUT2D eigenvalue weighted by atomic mass is 79.9. The second-order valence-electron chi connectivity index (χ2n) is 4.77. The van der Waals surface area contributed by atoms with Crippen LogP contribution in [0.5, 0.6) is 0 Å². The Morgan fingerprint density at radius 1 is 1.37 bits per heavy atom. The highest BCUT2D eigenvalue weighted by Crippen LogP contribution is 2.17. The number of hydrogen-bond acceptors (Lipinski definition) is 5. The molecular weight excluding hydrogens is 336 g/mol. The Morgan fingerprint density at radius 2 is 1.95 bits per heavy atom. The van der Waals surface area contributed by atoms with Crippen LogP contribution in [-0.2, 0) is 14.8 Å². The van der Waals surface area contributed by atoms with Crippen LogP contribution in [0.2, 0.25) is 0 Å². The minimum absolute atomic E-state index is 0.218. The van der Waals surface area contributed by atoms with Crippen LogP contribution in [0.25, 0.3) is 0 Å². The SMILES string of the molecule is CN(C(=O)OC(C)(C)C)S(=O)(=O)c1ccc(Br)cn1. The summed E-state index contributed by atoms with van der Waals surface area (Å²) in [5.74, 6) is 0. The van der Waals surface area contributed by atoms with Gasteiger partial charge in [-0.15, -0.1) is 0 Å². The van der Waals surface area contributed by atoms with Crippen molar-refractivity contribution < 1.29 is 17.9 Å². The molecule has 0 spiro atoms. The Hall–Kier alpha value is -1.15. The van der Waals surface area contributed by atoms with E-state index in [-0.39, 0.29) is 5.03 Å². The van der Waals surface area contributed by atoms with E-state index in [0.717, 1.165) is 7.05 Å². The molecule has 19 heavy (non-hydrogen) atoms. The predicted octanol–water partition coefficient (Wildman–Crippen LogP) is 2.40. The second kappa shape index (κ2) is 5.46. The van der Waals surface area contributed by atoms with Gasteiger partial charge in [0.1, 0.15) is 5.60 Å². The van der Waals surface area contributed by atoms with Crippen LogP contribution in [-0.4, -0.2) is 36.4 Å². The van der Waals surface area contributed by atoms with E-state index in [0.29, 0.717) is 8.78 Å². The summed E-state index contributed by atoms with van der Waals surface area (Å²) < 4.78 is 30.4. The van der Waals surface area contributed by atoms with Crippen molar-refractivity contribution in [1.29, 1.82) is 0 Å². The van der Waals surface area contributed by atoms with Gasteiger partial charge >= 0.3 is 6.09 Å². The summed E-state index contributed by atoms with van der Waals surface area (Å²) in [6.45, 7) is 4.97. The van der Waals surface area contributed by atoms with Crippen molar-refractivity contribution in [2.75, 3.05) is 7.05 Å². The number of sulfonamides is 1. The molecule has 0 N–H and O–H groups in total. The molecule has 0 aliphatic rings. The van der Waals surface area contributed by atoms with Crippen molar-refractivity contribution in [3.63, 3.8) is 0 Å². The van der Waals surface area contributed by atoms with Crippen LogP contribution in [0, 0.1) is 0 Å². The van der Waals surface area contributed by atoms with E-state index in [4.69, 9.17) is 4.74 Å². The fourth-order valence-corrected chi connectivity index (χ4v) is 2.25. The van der Waals surface area contributed by atoms with Crippen molar-refractivity contribution in [3.8, 4) is 0 Å². The Labute approximate surface area is 121 Å². The van der Waals surface area contributed by atoms with Crippen LogP contribution < -0.4 is 0 Å². The van der Waals surface area contributed by atoms with Crippen LogP contribution >= 0.6 is 15.9 Å². The van der Waals surface area contributed by atoms with Gasteiger partial charge in [-0.1, -0.05) is 0 Å². The lowest BCUT2D eigenvalue weighted by Crippen LogP contribution is -2.38. The van der Waals surface area contributed by atoms with E-state index in [1.807, 2.05) is 0 Å². The lowest BCUT2D eigenvalue weighted by molar-refractivity contribution is 0.0420. The number of ether oxygens (including phenoxy) is 1. The minimum Gasteiger partial charge on any atom is -0.443 e. The molecule has 1 amide bonds. The Balaban J connectivity index is 3.00. The van der Waals surface area contributed by atoms with Gasteiger partial charge in [0.2, 0.25) is 0 Å². The summed E-state index contributed by atoms with van der Waals surface area (Å²) in [6.07, 6.45) is 0.396. The number of aromatic nitrogens is 1. The molecule has 1 heterocycles. The summed E-state index contributed by atoms with van der Waals surface area (Å²) in [7, 11) is -2.87. The Kier molecular flexibility index (Phi) is 4.57. The summed E-state index contributed by atoms with van der Waals surface area (Å²) in [4.78, 5) is 15.5. The van der Waals surface area contributed by atoms with E-state index in [9.17, 15) is 13.2 Å². The van der Waals surface area contributed by atoms with Gasteiger partial charge in [0.25, 0.3) is 10.0 Å². The highest BCUT2D eigenvalue weighted by Gasteiger charge is 2.30. The predicted molar refractivity (Wildman–Crippen MR) is 73.1 cm³/mol. The first-order chi connectivity index (χ1) is 8.54. The normalized spacial score (nSPS) is 12.1. The monoisotopic (exact) mass is 350 g/mol.